The molecule has 4 nitrogen and oxygen atoms in total. The van der Waals surface area contributed by atoms with E-state index in [4.69, 9.17) is 5.11 Å². The van der Waals surface area contributed by atoms with Crippen molar-refractivity contribution in [2.24, 2.45) is 5.41 Å². The summed E-state index contributed by atoms with van der Waals surface area (Å²) < 4.78 is 0. The molecule has 0 heterocycles. The molecule has 1 amide bonds. The second-order valence-electron chi connectivity index (χ2n) is 6.13. The number of aliphatic hydroxyl groups is 1. The van der Waals surface area contributed by atoms with Gasteiger partial charge in [-0.1, -0.05) is 39.0 Å². The van der Waals surface area contributed by atoms with E-state index in [0.29, 0.717) is 19.3 Å². The molecule has 0 fully saturated rings. The van der Waals surface area contributed by atoms with Crippen LogP contribution in [0.2, 0.25) is 0 Å². The maximum atomic E-state index is 12.0. The van der Waals surface area contributed by atoms with Crippen LogP contribution in [0, 0.1) is 5.41 Å². The summed E-state index contributed by atoms with van der Waals surface area (Å²) >= 11 is 0. The van der Waals surface area contributed by atoms with Crippen molar-refractivity contribution in [2.75, 3.05) is 6.61 Å². The quantitative estimate of drug-likeness (QED) is 0.748. The first-order valence-electron chi connectivity index (χ1n) is 7.01. The first-order chi connectivity index (χ1) is 9.34. The van der Waals surface area contributed by atoms with Crippen LogP contribution in [0.15, 0.2) is 24.3 Å². The summed E-state index contributed by atoms with van der Waals surface area (Å²) in [5.41, 5.74) is 0.685. The molecule has 20 heavy (non-hydrogen) atoms. The predicted octanol–water partition coefficient (Wildman–Crippen LogP) is 2.24. The van der Waals surface area contributed by atoms with Gasteiger partial charge in [0.1, 0.15) is 5.75 Å². The Bertz CT molecular complexity index is 438. The van der Waals surface area contributed by atoms with E-state index >= 15 is 0 Å². The van der Waals surface area contributed by atoms with Gasteiger partial charge in [-0.2, -0.15) is 0 Å². The standard InChI is InChI=1S/C16H25NO3/c1-16(2,3)14(10-11-18)17-15(20)9-8-12-6-4-5-7-13(12)19/h4-7,14,18-19H,8-11H2,1-3H3,(H,17,20). The Balaban J connectivity index is 2.52. The summed E-state index contributed by atoms with van der Waals surface area (Å²) in [6.45, 7) is 6.17. The number of hydrogen-bond acceptors (Lipinski definition) is 3. The summed E-state index contributed by atoms with van der Waals surface area (Å²) in [5, 5.41) is 21.7. The van der Waals surface area contributed by atoms with Crippen molar-refractivity contribution in [3.8, 4) is 5.75 Å². The van der Waals surface area contributed by atoms with Crippen LogP contribution in [0.1, 0.15) is 39.2 Å². The van der Waals surface area contributed by atoms with Crippen LogP contribution in [-0.2, 0) is 11.2 Å². The molecule has 1 rings (SSSR count). The zero-order chi connectivity index (χ0) is 15.2. The predicted molar refractivity (Wildman–Crippen MR) is 79.5 cm³/mol. The van der Waals surface area contributed by atoms with E-state index in [9.17, 15) is 9.90 Å². The largest absolute Gasteiger partial charge is 0.508 e. The lowest BCUT2D eigenvalue weighted by atomic mass is 9.85. The van der Waals surface area contributed by atoms with E-state index in [1.807, 2.05) is 32.9 Å². The van der Waals surface area contributed by atoms with Crippen LogP contribution in [0.5, 0.6) is 5.75 Å². The van der Waals surface area contributed by atoms with Crippen LogP contribution in [0.3, 0.4) is 0 Å². The van der Waals surface area contributed by atoms with E-state index in [-0.39, 0.29) is 29.7 Å². The van der Waals surface area contributed by atoms with Gasteiger partial charge in [-0.3, -0.25) is 4.79 Å². The van der Waals surface area contributed by atoms with Crippen molar-refractivity contribution >= 4 is 5.91 Å². The van der Waals surface area contributed by atoms with Crippen molar-refractivity contribution in [1.82, 2.24) is 5.32 Å². The molecule has 0 aliphatic carbocycles. The van der Waals surface area contributed by atoms with Crippen LogP contribution < -0.4 is 5.32 Å². The van der Waals surface area contributed by atoms with E-state index in [1.54, 1.807) is 12.1 Å². The lowest BCUT2D eigenvalue weighted by Crippen LogP contribution is -2.44. The summed E-state index contributed by atoms with van der Waals surface area (Å²) in [6.07, 6.45) is 1.38. The fourth-order valence-corrected chi connectivity index (χ4v) is 2.09. The fraction of sp³-hybridized carbons (Fsp3) is 0.562. The van der Waals surface area contributed by atoms with Gasteiger partial charge in [-0.25, -0.2) is 0 Å². The Morgan fingerprint density at radius 2 is 1.95 bits per heavy atom. The third kappa shape index (κ3) is 5.21. The average molecular weight is 279 g/mol. The second kappa shape index (κ2) is 7.29. The number of benzene rings is 1. The molecule has 0 aromatic heterocycles. The molecular weight excluding hydrogens is 254 g/mol. The van der Waals surface area contributed by atoms with Crippen molar-refractivity contribution < 1.29 is 15.0 Å². The van der Waals surface area contributed by atoms with E-state index < -0.39 is 0 Å². The second-order valence-corrected chi connectivity index (χ2v) is 6.13. The summed E-state index contributed by atoms with van der Waals surface area (Å²) in [6, 6.07) is 6.99. The van der Waals surface area contributed by atoms with Gasteiger partial charge in [0, 0.05) is 19.1 Å². The number of aliphatic hydroxyl groups excluding tert-OH is 1. The molecule has 0 aliphatic heterocycles. The molecular formula is C16H25NO3. The average Bonchev–Trinajstić information content (AvgIpc) is 2.36. The zero-order valence-electron chi connectivity index (χ0n) is 12.5. The molecule has 112 valence electrons. The number of aromatic hydroxyl groups is 1. The van der Waals surface area contributed by atoms with Gasteiger partial charge in [-0.05, 0) is 29.9 Å². The minimum absolute atomic E-state index is 0.0515. The monoisotopic (exact) mass is 279 g/mol. The Labute approximate surface area is 120 Å². The maximum Gasteiger partial charge on any atom is 0.220 e. The molecule has 1 aromatic carbocycles. The number of carbonyl (C=O) groups is 1. The molecule has 0 aliphatic rings. The van der Waals surface area contributed by atoms with Gasteiger partial charge in [0.15, 0.2) is 0 Å². The SMILES string of the molecule is CC(C)(C)C(CCO)NC(=O)CCc1ccccc1O. The van der Waals surface area contributed by atoms with E-state index in [1.165, 1.54) is 0 Å². The normalized spacial score (nSPS) is 13.0. The maximum absolute atomic E-state index is 12.0. The third-order valence-corrected chi connectivity index (χ3v) is 3.41. The Hall–Kier alpha value is -1.55. The highest BCUT2D eigenvalue weighted by molar-refractivity contribution is 5.76. The number of amides is 1. The van der Waals surface area contributed by atoms with Gasteiger partial charge in [0.05, 0.1) is 0 Å². The number of hydrogen-bond donors (Lipinski definition) is 3. The Morgan fingerprint density at radius 1 is 1.30 bits per heavy atom. The number of aryl methyl sites for hydroxylation is 1. The molecule has 1 aromatic rings. The van der Waals surface area contributed by atoms with Crippen molar-refractivity contribution in [1.29, 1.82) is 0 Å². The molecule has 1 unspecified atom stereocenters. The van der Waals surface area contributed by atoms with Crippen LogP contribution in [0.4, 0.5) is 0 Å². The van der Waals surface area contributed by atoms with Gasteiger partial charge < -0.3 is 15.5 Å². The molecule has 0 saturated heterocycles. The first kappa shape index (κ1) is 16.5. The summed E-state index contributed by atoms with van der Waals surface area (Å²) in [4.78, 5) is 12.0. The zero-order valence-corrected chi connectivity index (χ0v) is 12.5. The van der Waals surface area contributed by atoms with Crippen molar-refractivity contribution in [2.45, 2.75) is 46.1 Å². The number of carbonyl (C=O) groups excluding carboxylic acids is 1. The topological polar surface area (TPSA) is 69.6 Å². The number of phenols is 1. The molecule has 0 spiro atoms. The minimum Gasteiger partial charge on any atom is -0.508 e. The van der Waals surface area contributed by atoms with E-state index in [2.05, 4.69) is 5.32 Å². The highest BCUT2D eigenvalue weighted by atomic mass is 16.3. The van der Waals surface area contributed by atoms with Gasteiger partial charge in [0.2, 0.25) is 5.91 Å². The first-order valence-corrected chi connectivity index (χ1v) is 7.01. The Kier molecular flexibility index (Phi) is 6.02. The Morgan fingerprint density at radius 3 is 2.50 bits per heavy atom. The number of rotatable bonds is 6. The van der Waals surface area contributed by atoms with Crippen LogP contribution >= 0.6 is 0 Å². The smallest absolute Gasteiger partial charge is 0.220 e. The lowest BCUT2D eigenvalue weighted by Gasteiger charge is -2.31. The van der Waals surface area contributed by atoms with Crippen molar-refractivity contribution in [3.05, 3.63) is 29.8 Å². The number of phenolic OH excluding ortho intramolecular Hbond substituents is 1. The highest BCUT2D eigenvalue weighted by Gasteiger charge is 2.25. The van der Waals surface area contributed by atoms with Gasteiger partial charge in [0.25, 0.3) is 0 Å². The minimum atomic E-state index is -0.0900. The van der Waals surface area contributed by atoms with Crippen LogP contribution in [0.25, 0.3) is 0 Å². The van der Waals surface area contributed by atoms with E-state index in [0.717, 1.165) is 5.56 Å². The fourth-order valence-electron chi connectivity index (χ4n) is 2.09. The van der Waals surface area contributed by atoms with Gasteiger partial charge >= 0.3 is 0 Å². The lowest BCUT2D eigenvalue weighted by molar-refractivity contribution is -0.122. The molecule has 0 bridgehead atoms. The summed E-state index contributed by atoms with van der Waals surface area (Å²) in [7, 11) is 0. The molecule has 0 radical (unpaired) electrons. The highest BCUT2D eigenvalue weighted by Crippen LogP contribution is 2.22. The van der Waals surface area contributed by atoms with Gasteiger partial charge in [-0.15, -0.1) is 0 Å². The molecule has 1 atom stereocenters. The van der Waals surface area contributed by atoms with Crippen LogP contribution in [-0.4, -0.2) is 28.8 Å². The third-order valence-electron chi connectivity index (χ3n) is 3.41. The molecule has 0 saturated carbocycles. The van der Waals surface area contributed by atoms with Crippen molar-refractivity contribution in [3.63, 3.8) is 0 Å². The number of para-hydroxylation sites is 1. The number of nitrogens with one attached hydrogen (secondary N) is 1. The molecule has 3 N–H and O–H groups in total. The summed E-state index contributed by atoms with van der Waals surface area (Å²) in [5.74, 6) is 0.171. The molecule has 4 heteroatoms.